The molecular formula is C14H24N4. The molecule has 0 fully saturated rings. The van der Waals surface area contributed by atoms with Gasteiger partial charge in [0, 0.05) is 30.9 Å². The van der Waals surface area contributed by atoms with Crippen molar-refractivity contribution in [3.63, 3.8) is 0 Å². The zero-order valence-electron chi connectivity index (χ0n) is 12.1. The Kier molecular flexibility index (Phi) is 4.92. The van der Waals surface area contributed by atoms with E-state index in [1.165, 1.54) is 0 Å². The Morgan fingerprint density at radius 3 is 2.67 bits per heavy atom. The minimum absolute atomic E-state index is 0.262. The van der Waals surface area contributed by atoms with Gasteiger partial charge in [-0.05, 0) is 34.1 Å². The van der Waals surface area contributed by atoms with E-state index in [0.717, 1.165) is 18.7 Å². The van der Waals surface area contributed by atoms with Gasteiger partial charge in [0.15, 0.2) is 0 Å². The Morgan fingerprint density at radius 1 is 1.50 bits per heavy atom. The van der Waals surface area contributed by atoms with Gasteiger partial charge in [0.2, 0.25) is 0 Å². The van der Waals surface area contributed by atoms with E-state index >= 15 is 0 Å². The number of aromatic nitrogens is 2. The third kappa shape index (κ3) is 3.58. The van der Waals surface area contributed by atoms with Crippen LogP contribution in [0.1, 0.15) is 52.9 Å². The van der Waals surface area contributed by atoms with Crippen molar-refractivity contribution in [2.24, 2.45) is 0 Å². The summed E-state index contributed by atoms with van der Waals surface area (Å²) >= 11 is 0. The minimum atomic E-state index is -0.497. The lowest BCUT2D eigenvalue weighted by Crippen LogP contribution is -2.46. The van der Waals surface area contributed by atoms with Crippen LogP contribution in [0.2, 0.25) is 0 Å². The summed E-state index contributed by atoms with van der Waals surface area (Å²) in [5, 5.41) is 12.7. The molecule has 2 atom stereocenters. The Labute approximate surface area is 110 Å². The van der Waals surface area contributed by atoms with Crippen molar-refractivity contribution >= 4 is 0 Å². The van der Waals surface area contributed by atoms with Crippen LogP contribution in [0.5, 0.6) is 0 Å². The van der Waals surface area contributed by atoms with Crippen LogP contribution in [-0.2, 0) is 6.42 Å². The SMILES string of the molecule is CCc1nccn1C(C)CC(C)(C#N)NC(C)C. The Bertz CT molecular complexity index is 416. The average molecular weight is 248 g/mol. The second kappa shape index (κ2) is 6.01. The van der Waals surface area contributed by atoms with Gasteiger partial charge in [-0.15, -0.1) is 0 Å². The van der Waals surface area contributed by atoms with Gasteiger partial charge in [-0.1, -0.05) is 6.92 Å². The maximum absolute atomic E-state index is 9.37. The molecule has 0 bridgehead atoms. The van der Waals surface area contributed by atoms with Gasteiger partial charge in [-0.25, -0.2) is 4.98 Å². The third-order valence-electron chi connectivity index (χ3n) is 3.10. The first kappa shape index (κ1) is 14.7. The van der Waals surface area contributed by atoms with Crippen LogP contribution in [0.3, 0.4) is 0 Å². The predicted octanol–water partition coefficient (Wildman–Crippen LogP) is 2.68. The summed E-state index contributed by atoms with van der Waals surface area (Å²) in [7, 11) is 0. The van der Waals surface area contributed by atoms with Crippen LogP contribution >= 0.6 is 0 Å². The molecule has 4 nitrogen and oxygen atoms in total. The highest BCUT2D eigenvalue weighted by atomic mass is 15.1. The van der Waals surface area contributed by atoms with Gasteiger partial charge in [-0.2, -0.15) is 5.26 Å². The van der Waals surface area contributed by atoms with Crippen LogP contribution in [0.25, 0.3) is 0 Å². The number of nitriles is 1. The summed E-state index contributed by atoms with van der Waals surface area (Å²) in [6.07, 6.45) is 5.51. The van der Waals surface area contributed by atoms with E-state index in [-0.39, 0.29) is 6.04 Å². The normalized spacial score (nSPS) is 16.3. The van der Waals surface area contributed by atoms with Crippen molar-refractivity contribution < 1.29 is 0 Å². The fourth-order valence-corrected chi connectivity index (χ4v) is 2.48. The van der Waals surface area contributed by atoms with Crippen molar-refractivity contribution in [1.82, 2.24) is 14.9 Å². The monoisotopic (exact) mass is 248 g/mol. The molecule has 18 heavy (non-hydrogen) atoms. The summed E-state index contributed by atoms with van der Waals surface area (Å²) in [6, 6.07) is 2.96. The first-order chi connectivity index (χ1) is 8.41. The van der Waals surface area contributed by atoms with Crippen LogP contribution in [0, 0.1) is 11.3 Å². The molecule has 1 heterocycles. The molecule has 1 aromatic heterocycles. The molecule has 0 spiro atoms. The van der Waals surface area contributed by atoms with Crippen molar-refractivity contribution in [1.29, 1.82) is 5.26 Å². The van der Waals surface area contributed by atoms with E-state index in [2.05, 4.69) is 48.6 Å². The standard InChI is InChI=1S/C14H24N4/c1-6-13-16-7-8-18(13)12(4)9-14(5,10-15)17-11(2)3/h7-8,11-12,17H,6,9H2,1-5H3. The summed E-state index contributed by atoms with van der Waals surface area (Å²) < 4.78 is 2.16. The quantitative estimate of drug-likeness (QED) is 0.842. The first-order valence-corrected chi connectivity index (χ1v) is 6.62. The van der Waals surface area contributed by atoms with Gasteiger partial charge in [0.25, 0.3) is 0 Å². The number of nitrogens with one attached hydrogen (secondary N) is 1. The van der Waals surface area contributed by atoms with Gasteiger partial charge in [0.05, 0.1) is 6.07 Å². The third-order valence-corrected chi connectivity index (χ3v) is 3.10. The number of hydrogen-bond donors (Lipinski definition) is 1. The second-order valence-corrected chi connectivity index (χ2v) is 5.40. The smallest absolute Gasteiger partial charge is 0.108 e. The molecule has 0 aliphatic rings. The van der Waals surface area contributed by atoms with Crippen molar-refractivity contribution in [2.45, 2.75) is 65.1 Å². The number of nitrogens with zero attached hydrogens (tertiary/aromatic N) is 3. The molecule has 100 valence electrons. The van der Waals surface area contributed by atoms with Gasteiger partial charge in [-0.3, -0.25) is 5.32 Å². The van der Waals surface area contributed by atoms with Crippen molar-refractivity contribution in [3.8, 4) is 6.07 Å². The lowest BCUT2D eigenvalue weighted by Gasteiger charge is -2.29. The minimum Gasteiger partial charge on any atom is -0.332 e. The van der Waals surface area contributed by atoms with E-state index in [1.54, 1.807) is 0 Å². The van der Waals surface area contributed by atoms with Crippen LogP contribution < -0.4 is 5.32 Å². The summed E-state index contributed by atoms with van der Waals surface area (Å²) in [5.74, 6) is 1.08. The molecule has 0 amide bonds. The highest BCUT2D eigenvalue weighted by Crippen LogP contribution is 2.22. The van der Waals surface area contributed by atoms with E-state index in [4.69, 9.17) is 0 Å². The Balaban J connectivity index is 2.80. The zero-order chi connectivity index (χ0) is 13.8. The second-order valence-electron chi connectivity index (χ2n) is 5.40. The van der Waals surface area contributed by atoms with Crippen LogP contribution in [-0.4, -0.2) is 21.1 Å². The highest BCUT2D eigenvalue weighted by Gasteiger charge is 2.27. The first-order valence-electron chi connectivity index (χ1n) is 6.62. The Morgan fingerprint density at radius 2 is 2.17 bits per heavy atom. The van der Waals surface area contributed by atoms with E-state index in [1.807, 2.05) is 19.3 Å². The number of rotatable bonds is 6. The van der Waals surface area contributed by atoms with Crippen LogP contribution in [0.4, 0.5) is 0 Å². The van der Waals surface area contributed by atoms with E-state index in [0.29, 0.717) is 6.04 Å². The largest absolute Gasteiger partial charge is 0.332 e. The molecule has 0 aliphatic heterocycles. The van der Waals surface area contributed by atoms with Crippen molar-refractivity contribution in [2.75, 3.05) is 0 Å². The summed E-state index contributed by atoms with van der Waals surface area (Å²) in [6.45, 7) is 10.3. The predicted molar refractivity (Wildman–Crippen MR) is 73.2 cm³/mol. The maximum Gasteiger partial charge on any atom is 0.108 e. The molecule has 4 heteroatoms. The molecule has 1 N–H and O–H groups in total. The molecule has 0 radical (unpaired) electrons. The van der Waals surface area contributed by atoms with Gasteiger partial charge in [0.1, 0.15) is 11.4 Å². The molecule has 1 rings (SSSR count). The molecule has 0 saturated carbocycles. The molecular weight excluding hydrogens is 224 g/mol. The number of hydrogen-bond acceptors (Lipinski definition) is 3. The molecule has 0 saturated heterocycles. The molecule has 2 unspecified atom stereocenters. The van der Waals surface area contributed by atoms with Gasteiger partial charge >= 0.3 is 0 Å². The highest BCUT2D eigenvalue weighted by molar-refractivity contribution is 5.07. The summed E-state index contributed by atoms with van der Waals surface area (Å²) in [4.78, 5) is 4.33. The Hall–Kier alpha value is -1.34. The van der Waals surface area contributed by atoms with Crippen molar-refractivity contribution in [3.05, 3.63) is 18.2 Å². The molecule has 0 aromatic carbocycles. The fourth-order valence-electron chi connectivity index (χ4n) is 2.48. The van der Waals surface area contributed by atoms with Crippen LogP contribution in [0.15, 0.2) is 12.4 Å². The van der Waals surface area contributed by atoms with Gasteiger partial charge < -0.3 is 4.57 Å². The molecule has 0 aliphatic carbocycles. The maximum atomic E-state index is 9.37. The lowest BCUT2D eigenvalue weighted by molar-refractivity contribution is 0.323. The lowest BCUT2D eigenvalue weighted by atomic mass is 9.94. The topological polar surface area (TPSA) is 53.6 Å². The average Bonchev–Trinajstić information content (AvgIpc) is 2.75. The number of imidazole rings is 1. The zero-order valence-corrected chi connectivity index (χ0v) is 12.1. The number of aryl methyl sites for hydroxylation is 1. The van der Waals surface area contributed by atoms with E-state index < -0.39 is 5.54 Å². The summed E-state index contributed by atoms with van der Waals surface area (Å²) in [5.41, 5.74) is -0.497. The van der Waals surface area contributed by atoms with E-state index in [9.17, 15) is 5.26 Å². The fraction of sp³-hybridized carbons (Fsp3) is 0.714. The molecule has 1 aromatic rings.